The summed E-state index contributed by atoms with van der Waals surface area (Å²) >= 11 is 0. The van der Waals surface area contributed by atoms with E-state index in [2.05, 4.69) is 0 Å². The predicted octanol–water partition coefficient (Wildman–Crippen LogP) is -3.72. The van der Waals surface area contributed by atoms with Crippen LogP contribution in [-0.4, -0.2) is 106 Å². The van der Waals surface area contributed by atoms with Crippen LogP contribution in [0, 0.1) is 0 Å². The van der Waals surface area contributed by atoms with Gasteiger partial charge in [-0.2, -0.15) is 0 Å². The lowest BCUT2D eigenvalue weighted by molar-refractivity contribution is -0.351. The lowest BCUT2D eigenvalue weighted by atomic mass is 9.96. The molecule has 2 fully saturated rings. The maximum atomic E-state index is 9.88. The minimum Gasteiger partial charge on any atom is -0.388 e. The highest BCUT2D eigenvalue weighted by atomic mass is 16.8. The Hall–Kier alpha value is -0.400. The van der Waals surface area contributed by atoms with Crippen molar-refractivity contribution in [3.05, 3.63) is 0 Å². The van der Waals surface area contributed by atoms with Crippen molar-refractivity contribution >= 4 is 0 Å². The molecule has 2 saturated heterocycles. The fourth-order valence-electron chi connectivity index (χ4n) is 2.61. The van der Waals surface area contributed by atoms with Gasteiger partial charge in [0.1, 0.15) is 42.7 Å². The van der Waals surface area contributed by atoms with Crippen molar-refractivity contribution in [2.24, 2.45) is 0 Å². The van der Waals surface area contributed by atoms with Crippen molar-refractivity contribution in [3.63, 3.8) is 0 Å². The fraction of sp³-hybridized carbons (Fsp3) is 1.00. The minimum absolute atomic E-state index is 0.281. The summed E-state index contributed by atoms with van der Waals surface area (Å²) in [7, 11) is 1.25. The monoisotopic (exact) mass is 340 g/mol. The molecule has 136 valence electrons. The number of methoxy groups -OCH3 is 1. The molecule has 0 saturated carbocycles. The molecule has 0 spiro atoms. The zero-order valence-corrected chi connectivity index (χ0v) is 12.8. The van der Waals surface area contributed by atoms with Crippen molar-refractivity contribution in [1.29, 1.82) is 0 Å². The largest absolute Gasteiger partial charge is 0.388 e. The first-order valence-electron chi connectivity index (χ1n) is 7.31. The van der Waals surface area contributed by atoms with Crippen LogP contribution >= 0.6 is 0 Å². The van der Waals surface area contributed by atoms with Crippen molar-refractivity contribution in [3.8, 4) is 0 Å². The highest BCUT2D eigenvalue weighted by Crippen LogP contribution is 2.25. The summed E-state index contributed by atoms with van der Waals surface area (Å²) in [5.41, 5.74) is 0. The van der Waals surface area contributed by atoms with E-state index in [-0.39, 0.29) is 6.61 Å². The van der Waals surface area contributed by atoms with Crippen LogP contribution in [0.2, 0.25) is 0 Å². The number of rotatable bonds is 4. The zero-order chi connectivity index (χ0) is 17.3. The standard InChI is InChI=1S/C13H24O10/c1-4-6(14)8(16)7(15)5(22-4)3-21-13-11(19)9(17)10(18)12(20-2)23-13/h4-19H,3H2,1-2H3. The molecule has 2 heterocycles. The maximum Gasteiger partial charge on any atom is 0.189 e. The number of hydrogen-bond donors (Lipinski definition) is 6. The quantitative estimate of drug-likeness (QED) is 0.300. The SMILES string of the molecule is COC1OC(OCC2OC(C)C(O)C(O)C2O)C(O)C(O)C1O. The molecule has 0 aromatic rings. The maximum absolute atomic E-state index is 9.88. The Morgan fingerprint density at radius 2 is 1.30 bits per heavy atom. The summed E-state index contributed by atoms with van der Waals surface area (Å²) in [4.78, 5) is 0. The van der Waals surface area contributed by atoms with E-state index < -0.39 is 61.4 Å². The Labute approximate surface area is 132 Å². The third kappa shape index (κ3) is 3.82. The Kier molecular flexibility index (Phi) is 6.30. The van der Waals surface area contributed by atoms with Crippen molar-refractivity contribution in [2.75, 3.05) is 13.7 Å². The fourth-order valence-corrected chi connectivity index (χ4v) is 2.61. The average molecular weight is 340 g/mol. The average Bonchev–Trinajstić information content (AvgIpc) is 2.54. The van der Waals surface area contributed by atoms with Crippen LogP contribution in [0.1, 0.15) is 6.92 Å². The lowest BCUT2D eigenvalue weighted by Crippen LogP contribution is -2.60. The van der Waals surface area contributed by atoms with Gasteiger partial charge in [-0.1, -0.05) is 0 Å². The molecule has 23 heavy (non-hydrogen) atoms. The van der Waals surface area contributed by atoms with E-state index in [0.717, 1.165) is 0 Å². The summed E-state index contributed by atoms with van der Waals surface area (Å²) in [6.07, 6.45) is -12.7. The van der Waals surface area contributed by atoms with Crippen molar-refractivity contribution in [1.82, 2.24) is 0 Å². The van der Waals surface area contributed by atoms with Crippen LogP contribution in [0.4, 0.5) is 0 Å². The van der Waals surface area contributed by atoms with Gasteiger partial charge in [0, 0.05) is 7.11 Å². The Balaban J connectivity index is 1.94. The normalized spacial score (nSPS) is 51.7. The highest BCUT2D eigenvalue weighted by molar-refractivity contribution is 4.91. The van der Waals surface area contributed by atoms with E-state index in [0.29, 0.717) is 0 Å². The van der Waals surface area contributed by atoms with E-state index in [4.69, 9.17) is 18.9 Å². The van der Waals surface area contributed by atoms with Gasteiger partial charge in [0.15, 0.2) is 12.6 Å². The third-order valence-corrected chi connectivity index (χ3v) is 4.13. The highest BCUT2D eigenvalue weighted by Gasteiger charge is 2.46. The molecular weight excluding hydrogens is 316 g/mol. The van der Waals surface area contributed by atoms with E-state index in [1.165, 1.54) is 14.0 Å². The summed E-state index contributed by atoms with van der Waals surface area (Å²) in [5, 5.41) is 58.4. The van der Waals surface area contributed by atoms with Gasteiger partial charge < -0.3 is 49.6 Å². The molecule has 0 aromatic carbocycles. The van der Waals surface area contributed by atoms with Crippen LogP contribution in [0.25, 0.3) is 0 Å². The van der Waals surface area contributed by atoms with Gasteiger partial charge >= 0.3 is 0 Å². The molecule has 10 heteroatoms. The number of aliphatic hydroxyl groups excluding tert-OH is 6. The van der Waals surface area contributed by atoms with E-state index in [1.54, 1.807) is 0 Å². The smallest absolute Gasteiger partial charge is 0.189 e. The first-order valence-corrected chi connectivity index (χ1v) is 7.31. The summed E-state index contributed by atoms with van der Waals surface area (Å²) in [6, 6.07) is 0. The molecule has 10 unspecified atom stereocenters. The molecule has 2 aliphatic rings. The molecule has 6 N–H and O–H groups in total. The molecule has 0 aliphatic carbocycles. The minimum atomic E-state index is -1.54. The number of ether oxygens (including phenoxy) is 4. The van der Waals surface area contributed by atoms with Crippen LogP contribution in [0.3, 0.4) is 0 Å². The first kappa shape index (κ1) is 18.9. The molecule has 10 atom stereocenters. The summed E-state index contributed by atoms with van der Waals surface area (Å²) in [5.74, 6) is 0. The van der Waals surface area contributed by atoms with Gasteiger partial charge in [0.2, 0.25) is 0 Å². The van der Waals surface area contributed by atoms with Gasteiger partial charge in [-0.25, -0.2) is 0 Å². The van der Waals surface area contributed by atoms with Gasteiger partial charge in [0.25, 0.3) is 0 Å². The molecule has 0 bridgehead atoms. The molecule has 10 nitrogen and oxygen atoms in total. The van der Waals surface area contributed by atoms with Gasteiger partial charge in [-0.3, -0.25) is 0 Å². The third-order valence-electron chi connectivity index (χ3n) is 4.13. The molecule has 0 amide bonds. The Morgan fingerprint density at radius 3 is 1.91 bits per heavy atom. The second kappa shape index (κ2) is 7.66. The molecule has 0 aromatic heterocycles. The van der Waals surface area contributed by atoms with E-state index in [1.807, 2.05) is 0 Å². The molecule has 0 radical (unpaired) electrons. The lowest BCUT2D eigenvalue weighted by Gasteiger charge is -2.42. The van der Waals surface area contributed by atoms with E-state index in [9.17, 15) is 30.6 Å². The Bertz CT molecular complexity index is 380. The van der Waals surface area contributed by atoms with Crippen molar-refractivity contribution < 1.29 is 49.6 Å². The second-order valence-corrected chi connectivity index (χ2v) is 5.77. The van der Waals surface area contributed by atoms with Crippen molar-refractivity contribution in [2.45, 2.75) is 68.3 Å². The zero-order valence-electron chi connectivity index (χ0n) is 12.8. The van der Waals surface area contributed by atoms with Gasteiger partial charge in [-0.05, 0) is 6.92 Å². The molecule has 2 aliphatic heterocycles. The van der Waals surface area contributed by atoms with Crippen LogP contribution in [0.15, 0.2) is 0 Å². The number of aliphatic hydroxyl groups is 6. The topological polar surface area (TPSA) is 158 Å². The Morgan fingerprint density at radius 1 is 0.739 bits per heavy atom. The predicted molar refractivity (Wildman–Crippen MR) is 72.0 cm³/mol. The first-order chi connectivity index (χ1) is 10.8. The summed E-state index contributed by atoms with van der Waals surface area (Å²) < 4.78 is 20.6. The number of hydrogen-bond acceptors (Lipinski definition) is 10. The van der Waals surface area contributed by atoms with Crippen LogP contribution in [0.5, 0.6) is 0 Å². The van der Waals surface area contributed by atoms with Crippen LogP contribution in [-0.2, 0) is 18.9 Å². The summed E-state index contributed by atoms with van der Waals surface area (Å²) in [6.45, 7) is 1.25. The van der Waals surface area contributed by atoms with Gasteiger partial charge in [-0.15, -0.1) is 0 Å². The van der Waals surface area contributed by atoms with E-state index >= 15 is 0 Å². The second-order valence-electron chi connectivity index (χ2n) is 5.77. The van der Waals surface area contributed by atoms with Gasteiger partial charge in [0.05, 0.1) is 12.7 Å². The molecule has 2 rings (SSSR count). The van der Waals surface area contributed by atoms with Crippen LogP contribution < -0.4 is 0 Å². The molecular formula is C13H24O10.